The Morgan fingerprint density at radius 2 is 1.89 bits per heavy atom. The summed E-state index contributed by atoms with van der Waals surface area (Å²) in [5, 5.41) is 15.4. The molecule has 0 bridgehead atoms. The molecule has 0 aliphatic heterocycles. The Hall–Kier alpha value is -3.55. The van der Waals surface area contributed by atoms with Crippen molar-refractivity contribution in [3.8, 4) is 5.75 Å². The molecule has 0 fully saturated rings. The molecular weight excluding hydrogens is 364 g/mol. The minimum Gasteiger partial charge on any atom is -0.489 e. The van der Waals surface area contributed by atoms with Gasteiger partial charge in [0.1, 0.15) is 23.9 Å². The van der Waals surface area contributed by atoms with Crippen LogP contribution < -0.4 is 10.1 Å². The van der Waals surface area contributed by atoms with E-state index in [-0.39, 0.29) is 24.6 Å². The van der Waals surface area contributed by atoms with E-state index in [4.69, 9.17) is 18.8 Å². The standard InChI is InChI=1S/C20H20N2O6/c1-12-17(13(2)28-22-12)11-26-15-5-3-14(4-6-15)9-19(23)21-10-16-7-8-18(27-16)20(24)25/h3-8H,9-11H2,1-2H3,(H,21,23)(H,24,25). The maximum atomic E-state index is 12.0. The molecule has 8 heteroatoms. The second kappa shape index (κ2) is 8.43. The number of nitrogens with zero attached hydrogens (tertiary/aromatic N) is 1. The molecule has 8 nitrogen and oxygen atoms in total. The van der Waals surface area contributed by atoms with Crippen molar-refractivity contribution in [3.63, 3.8) is 0 Å². The Labute approximate surface area is 161 Å². The van der Waals surface area contributed by atoms with E-state index in [1.807, 2.05) is 26.0 Å². The highest BCUT2D eigenvalue weighted by Crippen LogP contribution is 2.18. The van der Waals surface area contributed by atoms with E-state index in [1.165, 1.54) is 12.1 Å². The van der Waals surface area contributed by atoms with Crippen molar-refractivity contribution in [2.75, 3.05) is 0 Å². The number of carbonyl (C=O) groups is 2. The molecule has 2 aromatic heterocycles. The Bertz CT molecular complexity index is 952. The lowest BCUT2D eigenvalue weighted by Gasteiger charge is -2.07. The van der Waals surface area contributed by atoms with Gasteiger partial charge < -0.3 is 24.1 Å². The molecule has 0 spiro atoms. The zero-order chi connectivity index (χ0) is 20.1. The number of ether oxygens (including phenoxy) is 1. The first-order chi connectivity index (χ1) is 13.4. The zero-order valence-corrected chi connectivity index (χ0v) is 15.5. The molecule has 1 aromatic carbocycles. The molecule has 0 saturated heterocycles. The highest BCUT2D eigenvalue weighted by Gasteiger charge is 2.11. The van der Waals surface area contributed by atoms with Gasteiger partial charge in [-0.3, -0.25) is 4.79 Å². The highest BCUT2D eigenvalue weighted by atomic mass is 16.5. The van der Waals surface area contributed by atoms with Crippen molar-refractivity contribution in [3.05, 3.63) is 70.5 Å². The van der Waals surface area contributed by atoms with Crippen LogP contribution >= 0.6 is 0 Å². The fraction of sp³-hybridized carbons (Fsp3) is 0.250. The first-order valence-corrected chi connectivity index (χ1v) is 8.64. The molecule has 1 amide bonds. The van der Waals surface area contributed by atoms with Crippen molar-refractivity contribution in [2.45, 2.75) is 33.4 Å². The van der Waals surface area contributed by atoms with E-state index >= 15 is 0 Å². The van der Waals surface area contributed by atoms with E-state index in [0.717, 1.165) is 22.6 Å². The largest absolute Gasteiger partial charge is 0.489 e. The first kappa shape index (κ1) is 19.2. The lowest BCUT2D eigenvalue weighted by Crippen LogP contribution is -2.24. The molecule has 28 heavy (non-hydrogen) atoms. The summed E-state index contributed by atoms with van der Waals surface area (Å²) in [5.41, 5.74) is 2.55. The van der Waals surface area contributed by atoms with Crippen LogP contribution in [0.1, 0.15) is 38.9 Å². The molecule has 0 aliphatic rings. The van der Waals surface area contributed by atoms with Crippen LogP contribution in [0.25, 0.3) is 0 Å². The fourth-order valence-electron chi connectivity index (χ4n) is 2.59. The maximum absolute atomic E-state index is 12.0. The number of hydrogen-bond donors (Lipinski definition) is 2. The average molecular weight is 384 g/mol. The average Bonchev–Trinajstić information content (AvgIpc) is 3.27. The summed E-state index contributed by atoms with van der Waals surface area (Å²) in [5.74, 6) is 0.302. The van der Waals surface area contributed by atoms with Crippen LogP contribution in [-0.2, 0) is 24.4 Å². The van der Waals surface area contributed by atoms with Gasteiger partial charge in [-0.1, -0.05) is 17.3 Å². The van der Waals surface area contributed by atoms with Gasteiger partial charge >= 0.3 is 5.97 Å². The van der Waals surface area contributed by atoms with Gasteiger partial charge in [0.05, 0.1) is 24.2 Å². The normalized spacial score (nSPS) is 10.6. The van der Waals surface area contributed by atoms with Crippen LogP contribution in [0.3, 0.4) is 0 Å². The molecule has 0 aliphatic carbocycles. The number of aryl methyl sites for hydroxylation is 2. The third kappa shape index (κ3) is 4.79. The molecule has 0 radical (unpaired) electrons. The Balaban J connectivity index is 1.47. The monoisotopic (exact) mass is 384 g/mol. The zero-order valence-electron chi connectivity index (χ0n) is 15.5. The van der Waals surface area contributed by atoms with Crippen LogP contribution in [0.4, 0.5) is 0 Å². The number of carboxylic acid groups (broad SMARTS) is 1. The summed E-state index contributed by atoms with van der Waals surface area (Å²) in [4.78, 5) is 22.8. The third-order valence-electron chi connectivity index (χ3n) is 4.18. The third-order valence-corrected chi connectivity index (χ3v) is 4.18. The molecule has 146 valence electrons. The number of hydrogen-bond acceptors (Lipinski definition) is 6. The van der Waals surface area contributed by atoms with Crippen molar-refractivity contribution in [1.29, 1.82) is 0 Å². The van der Waals surface area contributed by atoms with Gasteiger partial charge in [0.2, 0.25) is 11.7 Å². The van der Waals surface area contributed by atoms with E-state index in [9.17, 15) is 9.59 Å². The highest BCUT2D eigenvalue weighted by molar-refractivity contribution is 5.84. The van der Waals surface area contributed by atoms with Crippen LogP contribution in [-0.4, -0.2) is 22.1 Å². The predicted octanol–water partition coefficient (Wildman–Crippen LogP) is 3.02. The van der Waals surface area contributed by atoms with Crippen LogP contribution in [0.5, 0.6) is 5.75 Å². The molecule has 2 N–H and O–H groups in total. The quantitative estimate of drug-likeness (QED) is 0.613. The van der Waals surface area contributed by atoms with Gasteiger partial charge in [0.25, 0.3) is 0 Å². The van der Waals surface area contributed by atoms with Crippen LogP contribution in [0, 0.1) is 13.8 Å². The first-order valence-electron chi connectivity index (χ1n) is 8.64. The second-order valence-electron chi connectivity index (χ2n) is 6.26. The fourth-order valence-corrected chi connectivity index (χ4v) is 2.59. The van der Waals surface area contributed by atoms with Gasteiger partial charge in [-0.15, -0.1) is 0 Å². The number of amides is 1. The van der Waals surface area contributed by atoms with E-state index in [2.05, 4.69) is 10.5 Å². The number of carboxylic acids is 1. The number of aromatic nitrogens is 1. The molecule has 3 aromatic rings. The lowest BCUT2D eigenvalue weighted by molar-refractivity contribution is -0.120. The number of furan rings is 1. The number of nitrogens with one attached hydrogen (secondary N) is 1. The molecule has 0 unspecified atom stereocenters. The summed E-state index contributed by atoms with van der Waals surface area (Å²) < 4.78 is 15.9. The van der Waals surface area contributed by atoms with Crippen LogP contribution in [0.2, 0.25) is 0 Å². The summed E-state index contributed by atoms with van der Waals surface area (Å²) >= 11 is 0. The van der Waals surface area contributed by atoms with E-state index in [0.29, 0.717) is 18.1 Å². The molecular formula is C20H20N2O6. The summed E-state index contributed by atoms with van der Waals surface area (Å²) in [7, 11) is 0. The van der Waals surface area contributed by atoms with Crippen molar-refractivity contribution in [2.24, 2.45) is 0 Å². The van der Waals surface area contributed by atoms with Gasteiger partial charge in [-0.25, -0.2) is 4.79 Å². The maximum Gasteiger partial charge on any atom is 0.371 e. The Morgan fingerprint density at radius 1 is 1.14 bits per heavy atom. The van der Waals surface area contributed by atoms with Crippen molar-refractivity contribution < 1.29 is 28.4 Å². The van der Waals surface area contributed by atoms with Crippen LogP contribution in [0.15, 0.2) is 45.3 Å². The Morgan fingerprint density at radius 3 is 2.50 bits per heavy atom. The number of benzene rings is 1. The number of carbonyl (C=O) groups excluding carboxylic acids is 1. The molecule has 3 rings (SSSR count). The molecule has 0 saturated carbocycles. The summed E-state index contributed by atoms with van der Waals surface area (Å²) in [6, 6.07) is 10.1. The van der Waals surface area contributed by atoms with Crippen molar-refractivity contribution >= 4 is 11.9 Å². The second-order valence-corrected chi connectivity index (χ2v) is 6.26. The Kier molecular flexibility index (Phi) is 5.78. The lowest BCUT2D eigenvalue weighted by atomic mass is 10.1. The SMILES string of the molecule is Cc1noc(C)c1COc1ccc(CC(=O)NCc2ccc(C(=O)O)o2)cc1. The van der Waals surface area contributed by atoms with E-state index in [1.54, 1.807) is 12.1 Å². The topological polar surface area (TPSA) is 115 Å². The van der Waals surface area contributed by atoms with Gasteiger partial charge in [-0.05, 0) is 43.7 Å². The summed E-state index contributed by atoms with van der Waals surface area (Å²) in [6.07, 6.45) is 0.191. The minimum absolute atomic E-state index is 0.130. The minimum atomic E-state index is -1.14. The number of aromatic carboxylic acids is 1. The molecule has 0 atom stereocenters. The predicted molar refractivity (Wildman–Crippen MR) is 98.0 cm³/mol. The number of rotatable bonds is 8. The van der Waals surface area contributed by atoms with Gasteiger partial charge in [0.15, 0.2) is 0 Å². The molecule has 2 heterocycles. The summed E-state index contributed by atoms with van der Waals surface area (Å²) in [6.45, 7) is 4.20. The smallest absolute Gasteiger partial charge is 0.371 e. The van der Waals surface area contributed by atoms with E-state index < -0.39 is 5.97 Å². The van der Waals surface area contributed by atoms with Gasteiger partial charge in [-0.2, -0.15) is 0 Å². The van der Waals surface area contributed by atoms with Gasteiger partial charge in [0, 0.05) is 0 Å². The van der Waals surface area contributed by atoms with Crippen molar-refractivity contribution in [1.82, 2.24) is 10.5 Å².